The van der Waals surface area contributed by atoms with Crippen LogP contribution in [-0.4, -0.2) is 52.7 Å². The van der Waals surface area contributed by atoms with Crippen LogP contribution in [0.4, 0.5) is 0 Å². The summed E-state index contributed by atoms with van der Waals surface area (Å²) in [6.45, 7) is 4.48. The van der Waals surface area contributed by atoms with Gasteiger partial charge in [0, 0.05) is 19.6 Å². The van der Waals surface area contributed by atoms with Crippen LogP contribution in [0.25, 0.3) is 0 Å². The fourth-order valence-electron chi connectivity index (χ4n) is 2.10. The van der Waals surface area contributed by atoms with Crippen molar-refractivity contribution in [2.24, 2.45) is 0 Å². The fourth-order valence-corrected chi connectivity index (χ4v) is 3.94. The molecule has 0 amide bonds. The second kappa shape index (κ2) is 7.76. The van der Waals surface area contributed by atoms with Crippen LogP contribution in [0.5, 0.6) is 0 Å². The number of nitrogens with one attached hydrogen (secondary N) is 1. The first-order valence-electron chi connectivity index (χ1n) is 6.74. The number of sulfonamides is 1. The molecule has 0 radical (unpaired) electrons. The van der Waals surface area contributed by atoms with Crippen molar-refractivity contribution in [2.45, 2.75) is 11.3 Å². The standard InChI is InChI=1S/C13H18Cl2N2O3S/c14-11-3-1-4-12(13(11)15)21(18,19)16-5-2-6-17-7-9-20-10-8-17/h1,3-4,16H,2,5-10H2. The van der Waals surface area contributed by atoms with E-state index in [-0.39, 0.29) is 14.9 Å². The van der Waals surface area contributed by atoms with Crippen LogP contribution >= 0.6 is 23.2 Å². The van der Waals surface area contributed by atoms with Gasteiger partial charge in [0.25, 0.3) is 0 Å². The van der Waals surface area contributed by atoms with Crippen LogP contribution in [0.15, 0.2) is 23.1 Å². The maximum atomic E-state index is 12.2. The molecule has 0 aromatic heterocycles. The van der Waals surface area contributed by atoms with Gasteiger partial charge in [-0.1, -0.05) is 29.3 Å². The number of rotatable bonds is 6. The van der Waals surface area contributed by atoms with Gasteiger partial charge in [0.15, 0.2) is 0 Å². The molecule has 1 N–H and O–H groups in total. The summed E-state index contributed by atoms with van der Waals surface area (Å²) in [7, 11) is -3.63. The van der Waals surface area contributed by atoms with Gasteiger partial charge < -0.3 is 4.74 Å². The molecule has 0 bridgehead atoms. The van der Waals surface area contributed by atoms with Gasteiger partial charge in [-0.25, -0.2) is 13.1 Å². The minimum atomic E-state index is -3.63. The molecule has 0 unspecified atom stereocenters. The monoisotopic (exact) mass is 352 g/mol. The van der Waals surface area contributed by atoms with Crippen molar-refractivity contribution < 1.29 is 13.2 Å². The van der Waals surface area contributed by atoms with Crippen LogP contribution in [0.1, 0.15) is 6.42 Å². The summed E-state index contributed by atoms with van der Waals surface area (Å²) in [6.07, 6.45) is 0.734. The van der Waals surface area contributed by atoms with E-state index in [1.807, 2.05) is 0 Å². The van der Waals surface area contributed by atoms with E-state index in [4.69, 9.17) is 27.9 Å². The lowest BCUT2D eigenvalue weighted by Gasteiger charge is -2.26. The largest absolute Gasteiger partial charge is 0.379 e. The lowest BCUT2D eigenvalue weighted by molar-refractivity contribution is 0.0376. The number of hydrogen-bond acceptors (Lipinski definition) is 4. The number of halogens is 2. The van der Waals surface area contributed by atoms with Gasteiger partial charge in [-0.15, -0.1) is 0 Å². The highest BCUT2D eigenvalue weighted by molar-refractivity contribution is 7.89. The topological polar surface area (TPSA) is 58.6 Å². The maximum absolute atomic E-state index is 12.2. The molecule has 0 aliphatic carbocycles. The Morgan fingerprint density at radius 1 is 1.24 bits per heavy atom. The van der Waals surface area contributed by atoms with Gasteiger partial charge in [-0.05, 0) is 25.1 Å². The Hall–Kier alpha value is -0.370. The van der Waals surface area contributed by atoms with Crippen LogP contribution in [-0.2, 0) is 14.8 Å². The summed E-state index contributed by atoms with van der Waals surface area (Å²) < 4.78 is 32.2. The van der Waals surface area contributed by atoms with E-state index in [1.54, 1.807) is 12.1 Å². The third-order valence-electron chi connectivity index (χ3n) is 3.25. The van der Waals surface area contributed by atoms with Crippen molar-refractivity contribution in [1.29, 1.82) is 0 Å². The summed E-state index contributed by atoms with van der Waals surface area (Å²) in [6, 6.07) is 4.57. The van der Waals surface area contributed by atoms with Crippen molar-refractivity contribution in [1.82, 2.24) is 9.62 Å². The van der Waals surface area contributed by atoms with E-state index in [2.05, 4.69) is 9.62 Å². The molecule has 0 spiro atoms. The third kappa shape index (κ3) is 4.81. The molecule has 1 heterocycles. The lowest BCUT2D eigenvalue weighted by Crippen LogP contribution is -2.38. The Kier molecular flexibility index (Phi) is 6.28. The zero-order valence-electron chi connectivity index (χ0n) is 11.5. The van der Waals surface area contributed by atoms with E-state index in [9.17, 15) is 8.42 Å². The Morgan fingerprint density at radius 2 is 1.95 bits per heavy atom. The second-order valence-corrected chi connectivity index (χ2v) is 7.28. The average molecular weight is 353 g/mol. The molecular formula is C13H18Cl2N2O3S. The molecule has 0 saturated carbocycles. The minimum Gasteiger partial charge on any atom is -0.379 e. The number of ether oxygens (including phenoxy) is 1. The molecule has 1 aliphatic heterocycles. The molecule has 1 aromatic carbocycles. The predicted molar refractivity (Wildman–Crippen MR) is 83.5 cm³/mol. The number of hydrogen-bond donors (Lipinski definition) is 1. The zero-order valence-corrected chi connectivity index (χ0v) is 13.8. The SMILES string of the molecule is O=S(=O)(NCCCN1CCOCC1)c1cccc(Cl)c1Cl. The fraction of sp³-hybridized carbons (Fsp3) is 0.538. The van der Waals surface area contributed by atoms with Gasteiger partial charge in [0.2, 0.25) is 10.0 Å². The molecule has 5 nitrogen and oxygen atoms in total. The van der Waals surface area contributed by atoms with Gasteiger partial charge in [0.1, 0.15) is 4.90 Å². The zero-order chi connectivity index (χ0) is 15.3. The summed E-state index contributed by atoms with van der Waals surface area (Å²) in [5.41, 5.74) is 0. The van der Waals surface area contributed by atoms with Gasteiger partial charge >= 0.3 is 0 Å². The summed E-state index contributed by atoms with van der Waals surface area (Å²) in [4.78, 5) is 2.27. The highest BCUT2D eigenvalue weighted by Crippen LogP contribution is 2.28. The first kappa shape index (κ1) is 17.0. The number of benzene rings is 1. The Bertz CT molecular complexity index is 575. The van der Waals surface area contributed by atoms with Crippen LogP contribution < -0.4 is 4.72 Å². The average Bonchev–Trinajstić information content (AvgIpc) is 2.47. The smallest absolute Gasteiger partial charge is 0.242 e. The van der Waals surface area contributed by atoms with Crippen molar-refractivity contribution in [3.05, 3.63) is 28.2 Å². The normalized spacial score (nSPS) is 17.0. The Balaban J connectivity index is 1.85. The molecule has 1 aliphatic rings. The minimum absolute atomic E-state index is 0.0167. The highest BCUT2D eigenvalue weighted by atomic mass is 35.5. The maximum Gasteiger partial charge on any atom is 0.242 e. The van der Waals surface area contributed by atoms with Crippen molar-refractivity contribution in [3.8, 4) is 0 Å². The summed E-state index contributed by atoms with van der Waals surface area (Å²) in [5.74, 6) is 0. The first-order valence-corrected chi connectivity index (χ1v) is 8.98. The van der Waals surface area contributed by atoms with E-state index in [1.165, 1.54) is 6.07 Å². The van der Waals surface area contributed by atoms with Crippen LogP contribution in [0, 0.1) is 0 Å². The molecule has 118 valence electrons. The molecule has 0 atom stereocenters. The molecular weight excluding hydrogens is 335 g/mol. The molecule has 1 fully saturated rings. The number of nitrogens with zero attached hydrogens (tertiary/aromatic N) is 1. The Morgan fingerprint density at radius 3 is 2.67 bits per heavy atom. The third-order valence-corrected chi connectivity index (χ3v) is 5.69. The molecule has 8 heteroatoms. The Labute approximate surface area is 135 Å². The highest BCUT2D eigenvalue weighted by Gasteiger charge is 2.19. The molecule has 1 saturated heterocycles. The van der Waals surface area contributed by atoms with Crippen LogP contribution in [0.3, 0.4) is 0 Å². The van der Waals surface area contributed by atoms with Crippen LogP contribution in [0.2, 0.25) is 10.0 Å². The summed E-state index contributed by atoms with van der Waals surface area (Å²) >= 11 is 11.8. The van der Waals surface area contributed by atoms with Gasteiger partial charge in [-0.2, -0.15) is 0 Å². The van der Waals surface area contributed by atoms with Gasteiger partial charge in [0.05, 0.1) is 23.3 Å². The number of morpholine rings is 1. The van der Waals surface area contributed by atoms with Crippen molar-refractivity contribution in [2.75, 3.05) is 39.4 Å². The lowest BCUT2D eigenvalue weighted by atomic mass is 10.3. The molecule has 1 aromatic rings. The van der Waals surface area contributed by atoms with Crippen molar-refractivity contribution in [3.63, 3.8) is 0 Å². The first-order chi connectivity index (χ1) is 10.0. The molecule has 2 rings (SSSR count). The quantitative estimate of drug-likeness (QED) is 0.795. The van der Waals surface area contributed by atoms with E-state index >= 15 is 0 Å². The summed E-state index contributed by atoms with van der Waals surface area (Å²) in [5, 5.41) is 0.285. The molecule has 21 heavy (non-hydrogen) atoms. The van der Waals surface area contributed by atoms with E-state index in [0.29, 0.717) is 6.54 Å². The predicted octanol–water partition coefficient (Wildman–Crippen LogP) is 1.99. The van der Waals surface area contributed by atoms with Crippen molar-refractivity contribution >= 4 is 33.2 Å². The second-order valence-electron chi connectivity index (χ2n) is 4.76. The van der Waals surface area contributed by atoms with E-state index in [0.717, 1.165) is 39.3 Å². The van der Waals surface area contributed by atoms with Gasteiger partial charge in [-0.3, -0.25) is 4.90 Å². The van der Waals surface area contributed by atoms with E-state index < -0.39 is 10.0 Å².